The van der Waals surface area contributed by atoms with Crippen molar-refractivity contribution in [3.63, 3.8) is 0 Å². The molecule has 98 valence electrons. The zero-order valence-corrected chi connectivity index (χ0v) is 10.8. The first-order valence-corrected chi connectivity index (χ1v) is 6.38. The van der Waals surface area contributed by atoms with Crippen LogP contribution < -0.4 is 0 Å². The van der Waals surface area contributed by atoms with Crippen molar-refractivity contribution in [1.82, 2.24) is 30.0 Å². The number of nitriles is 1. The van der Waals surface area contributed by atoms with E-state index in [1.54, 1.807) is 10.9 Å². The number of hydrogen-bond donors (Lipinski definition) is 0. The Morgan fingerprint density at radius 1 is 1.45 bits per heavy atom. The molecule has 0 spiro atoms. The maximum atomic E-state index is 9.04. The molecule has 2 aliphatic carbocycles. The highest BCUT2D eigenvalue weighted by molar-refractivity contribution is 5.62. The standard InChI is InChI=1S/C13H11N7/c1-19-11(2-3-15-19)13-16-18-20(17-13)12-5-8(7-14)4-9-6-10(9)12/h2-5,9-10H,6H2,1H3. The molecule has 2 aromatic rings. The largest absolute Gasteiger partial charge is 0.265 e. The van der Waals surface area contributed by atoms with Gasteiger partial charge in [-0.15, -0.1) is 15.0 Å². The predicted molar refractivity (Wildman–Crippen MR) is 69.6 cm³/mol. The molecular weight excluding hydrogens is 254 g/mol. The van der Waals surface area contributed by atoms with E-state index < -0.39 is 0 Å². The topological polar surface area (TPSA) is 85.2 Å². The van der Waals surface area contributed by atoms with Gasteiger partial charge in [0.15, 0.2) is 0 Å². The van der Waals surface area contributed by atoms with Gasteiger partial charge in [0.05, 0.1) is 17.3 Å². The molecule has 2 aromatic heterocycles. The molecule has 7 nitrogen and oxygen atoms in total. The molecule has 1 saturated carbocycles. The fourth-order valence-corrected chi connectivity index (χ4v) is 2.58. The smallest absolute Gasteiger partial charge is 0.223 e. The van der Waals surface area contributed by atoms with Crippen LogP contribution in [0.4, 0.5) is 0 Å². The Morgan fingerprint density at radius 2 is 2.35 bits per heavy atom. The summed E-state index contributed by atoms with van der Waals surface area (Å²) in [7, 11) is 1.84. The summed E-state index contributed by atoms with van der Waals surface area (Å²) >= 11 is 0. The molecule has 0 amide bonds. The fraction of sp³-hybridized carbons (Fsp3) is 0.308. The SMILES string of the molecule is Cn1nccc1-c1nnn(C2=CC(C#N)=CC3CC23)n1. The number of fused-ring (bicyclic) bond motifs is 1. The van der Waals surface area contributed by atoms with E-state index in [4.69, 9.17) is 5.26 Å². The van der Waals surface area contributed by atoms with Crippen LogP contribution in [-0.4, -0.2) is 30.0 Å². The van der Waals surface area contributed by atoms with Crippen molar-refractivity contribution in [2.75, 3.05) is 0 Å². The minimum atomic E-state index is 0.417. The highest BCUT2D eigenvalue weighted by Gasteiger charge is 2.42. The lowest BCUT2D eigenvalue weighted by atomic mass is 10.1. The zero-order chi connectivity index (χ0) is 13.7. The zero-order valence-electron chi connectivity index (χ0n) is 10.8. The Morgan fingerprint density at radius 3 is 3.10 bits per heavy atom. The molecule has 7 heteroatoms. The van der Waals surface area contributed by atoms with Crippen LogP contribution in [0.1, 0.15) is 6.42 Å². The van der Waals surface area contributed by atoms with Gasteiger partial charge in [-0.25, -0.2) is 0 Å². The number of rotatable bonds is 2. The number of hydrogen-bond acceptors (Lipinski definition) is 5. The summed E-state index contributed by atoms with van der Waals surface area (Å²) in [4.78, 5) is 1.54. The molecular formula is C13H11N7. The predicted octanol–water partition coefficient (Wildman–Crippen LogP) is 1.01. The molecule has 2 unspecified atom stereocenters. The molecule has 0 bridgehead atoms. The van der Waals surface area contributed by atoms with E-state index in [-0.39, 0.29) is 0 Å². The molecule has 0 saturated heterocycles. The van der Waals surface area contributed by atoms with Crippen LogP contribution >= 0.6 is 0 Å². The minimum absolute atomic E-state index is 0.417. The normalized spacial score (nSPS) is 23.6. The Hall–Kier alpha value is -2.75. The van der Waals surface area contributed by atoms with E-state index in [0.29, 0.717) is 23.2 Å². The average Bonchev–Trinajstić information content (AvgIpc) is 2.86. The Balaban J connectivity index is 1.73. The van der Waals surface area contributed by atoms with Gasteiger partial charge in [-0.3, -0.25) is 4.68 Å². The molecule has 0 radical (unpaired) electrons. The van der Waals surface area contributed by atoms with Crippen LogP contribution in [0.5, 0.6) is 0 Å². The highest BCUT2D eigenvalue weighted by Crippen LogP contribution is 2.50. The van der Waals surface area contributed by atoms with Crippen LogP contribution in [0.15, 0.2) is 30.0 Å². The molecule has 0 aromatic carbocycles. The van der Waals surface area contributed by atoms with E-state index in [0.717, 1.165) is 17.8 Å². The highest BCUT2D eigenvalue weighted by atomic mass is 15.6. The van der Waals surface area contributed by atoms with E-state index in [1.165, 1.54) is 4.80 Å². The van der Waals surface area contributed by atoms with Gasteiger partial charge in [0.2, 0.25) is 5.82 Å². The first kappa shape index (κ1) is 11.1. The summed E-state index contributed by atoms with van der Waals surface area (Å²) in [5.74, 6) is 1.41. The molecule has 1 fully saturated rings. The van der Waals surface area contributed by atoms with E-state index in [2.05, 4.69) is 26.6 Å². The van der Waals surface area contributed by atoms with Crippen molar-refractivity contribution in [2.45, 2.75) is 6.42 Å². The van der Waals surface area contributed by atoms with Crippen LogP contribution in [0.2, 0.25) is 0 Å². The summed E-state index contributed by atoms with van der Waals surface area (Å²) in [5.41, 5.74) is 2.45. The summed E-state index contributed by atoms with van der Waals surface area (Å²) in [6.07, 6.45) is 6.62. The first-order valence-electron chi connectivity index (χ1n) is 6.38. The third kappa shape index (κ3) is 1.58. The van der Waals surface area contributed by atoms with Gasteiger partial charge in [-0.05, 0) is 29.7 Å². The van der Waals surface area contributed by atoms with Crippen molar-refractivity contribution >= 4 is 5.70 Å². The average molecular weight is 265 g/mol. The van der Waals surface area contributed by atoms with Crippen molar-refractivity contribution in [3.05, 3.63) is 30.0 Å². The second-order valence-electron chi connectivity index (χ2n) is 5.05. The van der Waals surface area contributed by atoms with Crippen LogP contribution in [-0.2, 0) is 7.05 Å². The van der Waals surface area contributed by atoms with Crippen LogP contribution in [0, 0.1) is 23.2 Å². The first-order chi connectivity index (χ1) is 9.76. The van der Waals surface area contributed by atoms with Gasteiger partial charge >= 0.3 is 0 Å². The van der Waals surface area contributed by atoms with Crippen molar-refractivity contribution in [1.29, 1.82) is 5.26 Å². The molecule has 20 heavy (non-hydrogen) atoms. The quantitative estimate of drug-likeness (QED) is 0.809. The van der Waals surface area contributed by atoms with E-state index in [9.17, 15) is 0 Å². The van der Waals surface area contributed by atoms with Gasteiger partial charge < -0.3 is 0 Å². The third-order valence-corrected chi connectivity index (χ3v) is 3.74. The lowest BCUT2D eigenvalue weighted by Crippen LogP contribution is -2.07. The summed E-state index contributed by atoms with van der Waals surface area (Å²) in [6, 6.07) is 4.03. The maximum Gasteiger partial charge on any atom is 0.223 e. The molecule has 0 N–H and O–H groups in total. The van der Waals surface area contributed by atoms with E-state index >= 15 is 0 Å². The van der Waals surface area contributed by atoms with Crippen LogP contribution in [0.25, 0.3) is 17.2 Å². The maximum absolute atomic E-state index is 9.04. The van der Waals surface area contributed by atoms with Gasteiger partial charge in [0.25, 0.3) is 0 Å². The summed E-state index contributed by atoms with van der Waals surface area (Å²) < 4.78 is 1.71. The summed E-state index contributed by atoms with van der Waals surface area (Å²) in [6.45, 7) is 0. The molecule has 2 aliphatic rings. The lowest BCUT2D eigenvalue weighted by molar-refractivity contribution is 0.694. The molecule has 4 rings (SSSR count). The molecule has 0 aliphatic heterocycles. The second-order valence-corrected chi connectivity index (χ2v) is 5.05. The number of tetrazole rings is 1. The fourth-order valence-electron chi connectivity index (χ4n) is 2.58. The van der Waals surface area contributed by atoms with Crippen molar-refractivity contribution in [3.8, 4) is 17.6 Å². The number of aryl methyl sites for hydroxylation is 1. The van der Waals surface area contributed by atoms with Gasteiger partial charge in [-0.1, -0.05) is 6.08 Å². The summed E-state index contributed by atoms with van der Waals surface area (Å²) in [5, 5.41) is 25.7. The van der Waals surface area contributed by atoms with Crippen molar-refractivity contribution in [2.24, 2.45) is 18.9 Å². The van der Waals surface area contributed by atoms with E-state index in [1.807, 2.05) is 25.3 Å². The van der Waals surface area contributed by atoms with Gasteiger partial charge in [0.1, 0.15) is 5.69 Å². The van der Waals surface area contributed by atoms with Crippen LogP contribution in [0.3, 0.4) is 0 Å². The minimum Gasteiger partial charge on any atom is -0.265 e. The van der Waals surface area contributed by atoms with Gasteiger partial charge in [-0.2, -0.15) is 10.4 Å². The Kier molecular flexibility index (Phi) is 2.15. The van der Waals surface area contributed by atoms with Crippen molar-refractivity contribution < 1.29 is 0 Å². The molecule has 2 heterocycles. The third-order valence-electron chi connectivity index (χ3n) is 3.74. The monoisotopic (exact) mass is 265 g/mol. The Labute approximate surface area is 114 Å². The number of nitrogens with zero attached hydrogens (tertiary/aromatic N) is 7. The Bertz CT molecular complexity index is 786. The number of allylic oxidation sites excluding steroid dienone is 4. The lowest BCUT2D eigenvalue weighted by Gasteiger charge is -2.07. The number of aromatic nitrogens is 6. The second kappa shape index (κ2) is 3.87. The molecule has 2 atom stereocenters. The van der Waals surface area contributed by atoms with Gasteiger partial charge in [0, 0.05) is 19.2 Å².